The summed E-state index contributed by atoms with van der Waals surface area (Å²) in [6.45, 7) is 2.24. The summed E-state index contributed by atoms with van der Waals surface area (Å²) in [5.74, 6) is 1.02. The third kappa shape index (κ3) is 3.95. The second-order valence-electron chi connectivity index (χ2n) is 4.66. The molecular formula is C15H25NO. The number of hydrogen-bond donors (Lipinski definition) is 0. The number of rotatable bonds is 7. The van der Waals surface area contributed by atoms with E-state index in [4.69, 9.17) is 4.74 Å². The number of methoxy groups -OCH3 is 1. The van der Waals surface area contributed by atoms with Crippen LogP contribution in [0, 0.1) is 0 Å². The van der Waals surface area contributed by atoms with Gasteiger partial charge in [-0.05, 0) is 25.0 Å². The molecule has 2 nitrogen and oxygen atoms in total. The highest BCUT2D eigenvalue weighted by Gasteiger charge is 2.09. The third-order valence-corrected chi connectivity index (χ3v) is 3.09. The van der Waals surface area contributed by atoms with Crippen LogP contribution in [0.3, 0.4) is 0 Å². The molecule has 0 aromatic heterocycles. The van der Waals surface area contributed by atoms with E-state index in [9.17, 15) is 0 Å². The Balaban J connectivity index is 2.78. The molecule has 0 aliphatic carbocycles. The number of unbranched alkanes of at least 4 members (excludes halogenated alkanes) is 3. The highest BCUT2D eigenvalue weighted by atomic mass is 16.5. The Labute approximate surface area is 106 Å². The molecule has 0 saturated carbocycles. The lowest BCUT2D eigenvalue weighted by atomic mass is 10.0. The van der Waals surface area contributed by atoms with E-state index in [-0.39, 0.29) is 0 Å². The van der Waals surface area contributed by atoms with Gasteiger partial charge >= 0.3 is 0 Å². The second kappa shape index (κ2) is 7.21. The Morgan fingerprint density at radius 2 is 1.88 bits per heavy atom. The van der Waals surface area contributed by atoms with Crippen LogP contribution >= 0.6 is 0 Å². The third-order valence-electron chi connectivity index (χ3n) is 3.09. The molecule has 1 rings (SSSR count). The average Bonchev–Trinajstić information content (AvgIpc) is 2.34. The van der Waals surface area contributed by atoms with Gasteiger partial charge in [-0.15, -0.1) is 0 Å². The summed E-state index contributed by atoms with van der Waals surface area (Å²) in [7, 11) is 5.93. The van der Waals surface area contributed by atoms with E-state index in [0.717, 1.165) is 12.2 Å². The zero-order valence-electron chi connectivity index (χ0n) is 11.6. The topological polar surface area (TPSA) is 12.5 Å². The SMILES string of the molecule is CCCCCCc1c(OC)cccc1N(C)C. The average molecular weight is 235 g/mol. The van der Waals surface area contributed by atoms with Gasteiger partial charge in [0, 0.05) is 25.3 Å². The van der Waals surface area contributed by atoms with Crippen LogP contribution in [-0.4, -0.2) is 21.2 Å². The van der Waals surface area contributed by atoms with Crippen LogP contribution in [0.15, 0.2) is 18.2 Å². The Hall–Kier alpha value is -1.18. The molecule has 0 N–H and O–H groups in total. The fourth-order valence-corrected chi connectivity index (χ4v) is 2.14. The first kappa shape index (κ1) is 13.9. The molecule has 0 heterocycles. The monoisotopic (exact) mass is 235 g/mol. The predicted octanol–water partition coefficient (Wildman–Crippen LogP) is 3.88. The normalized spacial score (nSPS) is 10.4. The minimum Gasteiger partial charge on any atom is -0.496 e. The first-order chi connectivity index (χ1) is 8.20. The van der Waals surface area contributed by atoms with Gasteiger partial charge in [0.15, 0.2) is 0 Å². The number of anilines is 1. The van der Waals surface area contributed by atoms with E-state index >= 15 is 0 Å². The van der Waals surface area contributed by atoms with Crippen LogP contribution in [0.1, 0.15) is 38.2 Å². The Morgan fingerprint density at radius 1 is 1.12 bits per heavy atom. The van der Waals surface area contributed by atoms with Crippen LogP contribution < -0.4 is 9.64 Å². The molecule has 0 radical (unpaired) electrons. The molecule has 0 aliphatic heterocycles. The van der Waals surface area contributed by atoms with Gasteiger partial charge in [0.25, 0.3) is 0 Å². The molecule has 1 aromatic rings. The van der Waals surface area contributed by atoms with E-state index in [2.05, 4.69) is 44.1 Å². The van der Waals surface area contributed by atoms with Crippen molar-refractivity contribution in [2.24, 2.45) is 0 Å². The van der Waals surface area contributed by atoms with Crippen molar-refractivity contribution in [3.63, 3.8) is 0 Å². The van der Waals surface area contributed by atoms with Gasteiger partial charge in [-0.2, -0.15) is 0 Å². The van der Waals surface area contributed by atoms with Crippen molar-refractivity contribution in [3.8, 4) is 5.75 Å². The molecule has 96 valence electrons. The van der Waals surface area contributed by atoms with Crippen molar-refractivity contribution in [3.05, 3.63) is 23.8 Å². The zero-order valence-corrected chi connectivity index (χ0v) is 11.6. The summed E-state index contributed by atoms with van der Waals surface area (Å²) in [4.78, 5) is 2.16. The maximum Gasteiger partial charge on any atom is 0.124 e. The minimum atomic E-state index is 1.02. The van der Waals surface area contributed by atoms with Gasteiger partial charge in [-0.3, -0.25) is 0 Å². The lowest BCUT2D eigenvalue weighted by Crippen LogP contribution is -2.12. The van der Waals surface area contributed by atoms with Gasteiger partial charge in [-0.25, -0.2) is 0 Å². The van der Waals surface area contributed by atoms with Crippen LogP contribution in [0.25, 0.3) is 0 Å². The van der Waals surface area contributed by atoms with Gasteiger partial charge in [0.1, 0.15) is 5.75 Å². The van der Waals surface area contributed by atoms with E-state index in [1.165, 1.54) is 36.9 Å². The van der Waals surface area contributed by atoms with Crippen LogP contribution in [-0.2, 0) is 6.42 Å². The van der Waals surface area contributed by atoms with Crippen molar-refractivity contribution in [1.29, 1.82) is 0 Å². The molecule has 0 aliphatic rings. The maximum absolute atomic E-state index is 5.47. The smallest absolute Gasteiger partial charge is 0.124 e. The van der Waals surface area contributed by atoms with Crippen LogP contribution in [0.2, 0.25) is 0 Å². The van der Waals surface area contributed by atoms with Crippen molar-refractivity contribution in [2.75, 3.05) is 26.1 Å². The van der Waals surface area contributed by atoms with Gasteiger partial charge in [-0.1, -0.05) is 32.3 Å². The molecular weight excluding hydrogens is 210 g/mol. The molecule has 0 spiro atoms. The maximum atomic E-state index is 5.47. The molecule has 0 fully saturated rings. The van der Waals surface area contributed by atoms with Crippen LogP contribution in [0.5, 0.6) is 5.75 Å². The summed E-state index contributed by atoms with van der Waals surface area (Å²) >= 11 is 0. The quantitative estimate of drug-likeness (QED) is 0.665. The van der Waals surface area contributed by atoms with Gasteiger partial charge in [0.05, 0.1) is 7.11 Å². The molecule has 0 saturated heterocycles. The minimum absolute atomic E-state index is 1.02. The molecule has 0 unspecified atom stereocenters. The molecule has 2 heteroatoms. The number of ether oxygens (including phenoxy) is 1. The summed E-state index contributed by atoms with van der Waals surface area (Å²) in [6.07, 6.45) is 6.27. The van der Waals surface area contributed by atoms with Crippen molar-refractivity contribution >= 4 is 5.69 Å². The number of hydrogen-bond acceptors (Lipinski definition) is 2. The number of nitrogens with zero attached hydrogens (tertiary/aromatic N) is 1. The highest BCUT2D eigenvalue weighted by molar-refractivity contribution is 5.58. The fourth-order valence-electron chi connectivity index (χ4n) is 2.14. The first-order valence-corrected chi connectivity index (χ1v) is 6.54. The van der Waals surface area contributed by atoms with Gasteiger partial charge in [0.2, 0.25) is 0 Å². The number of benzene rings is 1. The van der Waals surface area contributed by atoms with E-state index in [1.54, 1.807) is 7.11 Å². The predicted molar refractivity (Wildman–Crippen MR) is 75.2 cm³/mol. The summed E-state index contributed by atoms with van der Waals surface area (Å²) in [5, 5.41) is 0. The lowest BCUT2D eigenvalue weighted by molar-refractivity contribution is 0.409. The lowest BCUT2D eigenvalue weighted by Gasteiger charge is -2.19. The fraction of sp³-hybridized carbons (Fsp3) is 0.600. The standard InChI is InChI=1S/C15H25NO/c1-5-6-7-8-10-13-14(16(2)3)11-9-12-15(13)17-4/h9,11-12H,5-8,10H2,1-4H3. The van der Waals surface area contributed by atoms with E-state index in [0.29, 0.717) is 0 Å². The molecule has 1 aromatic carbocycles. The second-order valence-corrected chi connectivity index (χ2v) is 4.66. The Bertz CT molecular complexity index is 334. The Kier molecular flexibility index (Phi) is 5.88. The van der Waals surface area contributed by atoms with E-state index < -0.39 is 0 Å². The van der Waals surface area contributed by atoms with Crippen LogP contribution in [0.4, 0.5) is 5.69 Å². The summed E-state index contributed by atoms with van der Waals surface area (Å²) in [6, 6.07) is 6.28. The highest BCUT2D eigenvalue weighted by Crippen LogP contribution is 2.29. The molecule has 0 bridgehead atoms. The Morgan fingerprint density at radius 3 is 2.47 bits per heavy atom. The molecule has 17 heavy (non-hydrogen) atoms. The van der Waals surface area contributed by atoms with Crippen molar-refractivity contribution < 1.29 is 4.74 Å². The van der Waals surface area contributed by atoms with Crippen molar-refractivity contribution in [1.82, 2.24) is 0 Å². The molecule has 0 atom stereocenters. The zero-order chi connectivity index (χ0) is 12.7. The summed E-state index contributed by atoms with van der Waals surface area (Å²) in [5.41, 5.74) is 2.62. The molecule has 0 amide bonds. The van der Waals surface area contributed by atoms with E-state index in [1.807, 2.05) is 0 Å². The van der Waals surface area contributed by atoms with Gasteiger partial charge < -0.3 is 9.64 Å². The van der Waals surface area contributed by atoms with Crippen molar-refractivity contribution in [2.45, 2.75) is 39.0 Å². The largest absolute Gasteiger partial charge is 0.496 e. The summed E-state index contributed by atoms with van der Waals surface area (Å²) < 4.78 is 5.47. The first-order valence-electron chi connectivity index (χ1n) is 6.54.